The van der Waals surface area contributed by atoms with E-state index in [4.69, 9.17) is 0 Å². The topological polar surface area (TPSA) is 38.8 Å². The molecule has 1 aliphatic heterocycles. The Kier molecular flexibility index (Phi) is 9.68. The molecule has 5 heteroatoms. The van der Waals surface area contributed by atoms with Gasteiger partial charge in [0.1, 0.15) is 0 Å². The lowest BCUT2D eigenvalue weighted by Gasteiger charge is -2.30. The minimum Gasteiger partial charge on any atom is -0.340 e. The highest BCUT2D eigenvalue weighted by molar-refractivity contribution is 5.76. The Balaban J connectivity index is 2.37. The third kappa shape index (κ3) is 7.56. The van der Waals surface area contributed by atoms with E-state index < -0.39 is 0 Å². The molecule has 0 aromatic rings. The third-order valence-corrected chi connectivity index (χ3v) is 4.36. The summed E-state index contributed by atoms with van der Waals surface area (Å²) in [6, 6.07) is 0. The van der Waals surface area contributed by atoms with Crippen molar-refractivity contribution in [1.29, 1.82) is 0 Å². The van der Waals surface area contributed by atoms with E-state index in [-0.39, 0.29) is 0 Å². The maximum absolute atomic E-state index is 12.3. The standard InChI is InChI=1S/C17H36N4O/c1-5-19(6-2)13-14-20(15-16(3)4)10-7-17(22)21-11-8-18-9-12-21/h16,18H,5-15H2,1-4H3. The van der Waals surface area contributed by atoms with Crippen molar-refractivity contribution in [1.82, 2.24) is 20.0 Å². The highest BCUT2D eigenvalue weighted by Gasteiger charge is 2.17. The number of likely N-dealkylation sites (N-methyl/N-ethyl adjacent to an activating group) is 1. The molecule has 1 aliphatic rings. The van der Waals surface area contributed by atoms with Crippen LogP contribution in [0.2, 0.25) is 0 Å². The lowest BCUT2D eigenvalue weighted by atomic mass is 10.2. The number of carbonyl (C=O) groups excluding carboxylic acids is 1. The van der Waals surface area contributed by atoms with E-state index in [2.05, 4.69) is 42.8 Å². The van der Waals surface area contributed by atoms with Crippen LogP contribution in [0.4, 0.5) is 0 Å². The second-order valence-electron chi connectivity index (χ2n) is 6.60. The molecule has 22 heavy (non-hydrogen) atoms. The molecule has 1 amide bonds. The van der Waals surface area contributed by atoms with E-state index >= 15 is 0 Å². The van der Waals surface area contributed by atoms with Crippen LogP contribution in [0, 0.1) is 5.92 Å². The predicted molar refractivity (Wildman–Crippen MR) is 93.1 cm³/mol. The maximum atomic E-state index is 12.3. The van der Waals surface area contributed by atoms with Crippen molar-refractivity contribution in [3.05, 3.63) is 0 Å². The first-order valence-electron chi connectivity index (χ1n) is 9.00. The van der Waals surface area contributed by atoms with E-state index in [1.54, 1.807) is 0 Å². The monoisotopic (exact) mass is 312 g/mol. The molecule has 5 nitrogen and oxygen atoms in total. The molecule has 0 aromatic heterocycles. The summed E-state index contributed by atoms with van der Waals surface area (Å²) in [5, 5.41) is 3.30. The molecule has 1 saturated heterocycles. The smallest absolute Gasteiger partial charge is 0.223 e. The molecule has 0 aromatic carbocycles. The molecule has 1 N–H and O–H groups in total. The largest absolute Gasteiger partial charge is 0.340 e. The molecule has 1 rings (SSSR count). The van der Waals surface area contributed by atoms with E-state index in [1.165, 1.54) is 0 Å². The van der Waals surface area contributed by atoms with E-state index in [0.29, 0.717) is 18.2 Å². The van der Waals surface area contributed by atoms with Gasteiger partial charge in [-0.3, -0.25) is 4.79 Å². The third-order valence-electron chi connectivity index (χ3n) is 4.36. The Hall–Kier alpha value is -0.650. The van der Waals surface area contributed by atoms with Crippen molar-refractivity contribution in [2.45, 2.75) is 34.1 Å². The number of hydrogen-bond donors (Lipinski definition) is 1. The van der Waals surface area contributed by atoms with Crippen LogP contribution < -0.4 is 5.32 Å². The van der Waals surface area contributed by atoms with Crippen LogP contribution in [0.15, 0.2) is 0 Å². The first-order valence-corrected chi connectivity index (χ1v) is 9.00. The maximum Gasteiger partial charge on any atom is 0.223 e. The van der Waals surface area contributed by atoms with Gasteiger partial charge in [0.15, 0.2) is 0 Å². The summed E-state index contributed by atoms with van der Waals surface area (Å²) in [6.07, 6.45) is 0.658. The lowest BCUT2D eigenvalue weighted by molar-refractivity contribution is -0.132. The molecule has 0 bridgehead atoms. The zero-order valence-corrected chi connectivity index (χ0v) is 15.1. The number of piperazine rings is 1. The van der Waals surface area contributed by atoms with E-state index in [1.807, 2.05) is 4.90 Å². The first kappa shape index (κ1) is 19.4. The summed E-state index contributed by atoms with van der Waals surface area (Å²) in [7, 11) is 0. The van der Waals surface area contributed by atoms with Gasteiger partial charge in [-0.25, -0.2) is 0 Å². The van der Waals surface area contributed by atoms with Gasteiger partial charge in [0.25, 0.3) is 0 Å². The van der Waals surface area contributed by atoms with Gasteiger partial charge >= 0.3 is 0 Å². The van der Waals surface area contributed by atoms with Crippen LogP contribution in [0.1, 0.15) is 34.1 Å². The summed E-state index contributed by atoms with van der Waals surface area (Å²) in [4.78, 5) is 19.2. The van der Waals surface area contributed by atoms with Crippen LogP contribution in [0.25, 0.3) is 0 Å². The summed E-state index contributed by atoms with van der Waals surface area (Å²) in [5.74, 6) is 0.962. The molecule has 1 fully saturated rings. The zero-order chi connectivity index (χ0) is 16.4. The van der Waals surface area contributed by atoms with Crippen LogP contribution in [0.5, 0.6) is 0 Å². The molecule has 0 saturated carbocycles. The Morgan fingerprint density at radius 3 is 2.18 bits per heavy atom. The Morgan fingerprint density at radius 2 is 1.64 bits per heavy atom. The van der Waals surface area contributed by atoms with Crippen molar-refractivity contribution in [3.8, 4) is 0 Å². The summed E-state index contributed by atoms with van der Waals surface area (Å²) in [5.41, 5.74) is 0. The van der Waals surface area contributed by atoms with Gasteiger partial charge < -0.3 is 20.0 Å². The Labute approximate surface area is 137 Å². The highest BCUT2D eigenvalue weighted by Crippen LogP contribution is 2.04. The fourth-order valence-corrected chi connectivity index (χ4v) is 2.96. The van der Waals surface area contributed by atoms with E-state index in [9.17, 15) is 4.79 Å². The fraction of sp³-hybridized carbons (Fsp3) is 0.941. The molecule has 0 radical (unpaired) electrons. The Morgan fingerprint density at radius 1 is 1.05 bits per heavy atom. The number of nitrogens with zero attached hydrogens (tertiary/aromatic N) is 3. The minimum absolute atomic E-state index is 0.318. The molecule has 0 aliphatic carbocycles. The second-order valence-corrected chi connectivity index (χ2v) is 6.60. The summed E-state index contributed by atoms with van der Waals surface area (Å²) < 4.78 is 0. The van der Waals surface area contributed by atoms with Crippen molar-refractivity contribution < 1.29 is 4.79 Å². The normalized spacial score (nSPS) is 16.0. The lowest BCUT2D eigenvalue weighted by Crippen LogP contribution is -2.47. The van der Waals surface area contributed by atoms with Gasteiger partial charge in [-0.15, -0.1) is 0 Å². The second kappa shape index (κ2) is 11.0. The van der Waals surface area contributed by atoms with Gasteiger partial charge in [0.2, 0.25) is 5.91 Å². The van der Waals surface area contributed by atoms with Crippen LogP contribution in [-0.2, 0) is 4.79 Å². The number of carbonyl (C=O) groups is 1. The average molecular weight is 313 g/mol. The van der Waals surface area contributed by atoms with Gasteiger partial charge in [0.05, 0.1) is 0 Å². The van der Waals surface area contributed by atoms with Crippen molar-refractivity contribution in [2.75, 3.05) is 65.4 Å². The molecule has 0 unspecified atom stereocenters. The highest BCUT2D eigenvalue weighted by atomic mass is 16.2. The predicted octanol–water partition coefficient (Wildman–Crippen LogP) is 1.11. The van der Waals surface area contributed by atoms with Crippen molar-refractivity contribution in [3.63, 3.8) is 0 Å². The first-order chi connectivity index (χ1) is 10.6. The molecular weight excluding hydrogens is 276 g/mol. The average Bonchev–Trinajstić information content (AvgIpc) is 2.53. The molecule has 0 spiro atoms. The Bertz CT molecular complexity index is 299. The number of nitrogens with one attached hydrogen (secondary N) is 1. The van der Waals surface area contributed by atoms with Gasteiger partial charge in [-0.05, 0) is 19.0 Å². The van der Waals surface area contributed by atoms with Crippen molar-refractivity contribution >= 4 is 5.91 Å². The van der Waals surface area contributed by atoms with Crippen LogP contribution in [0.3, 0.4) is 0 Å². The van der Waals surface area contributed by atoms with Crippen LogP contribution >= 0.6 is 0 Å². The van der Waals surface area contributed by atoms with Gasteiger partial charge in [-0.2, -0.15) is 0 Å². The van der Waals surface area contributed by atoms with Gasteiger partial charge in [-0.1, -0.05) is 27.7 Å². The number of rotatable bonds is 10. The SMILES string of the molecule is CCN(CC)CCN(CCC(=O)N1CCNCC1)CC(C)C. The molecule has 0 atom stereocenters. The van der Waals surface area contributed by atoms with E-state index in [0.717, 1.165) is 65.4 Å². The van der Waals surface area contributed by atoms with Gasteiger partial charge in [0, 0.05) is 58.8 Å². The molecule has 1 heterocycles. The summed E-state index contributed by atoms with van der Waals surface area (Å²) >= 11 is 0. The zero-order valence-electron chi connectivity index (χ0n) is 15.1. The molecular formula is C17H36N4O. The fourth-order valence-electron chi connectivity index (χ4n) is 2.96. The minimum atomic E-state index is 0.318. The number of hydrogen-bond acceptors (Lipinski definition) is 4. The number of amides is 1. The summed E-state index contributed by atoms with van der Waals surface area (Å²) in [6.45, 7) is 18.9. The molecule has 130 valence electrons. The van der Waals surface area contributed by atoms with Crippen LogP contribution in [-0.4, -0.2) is 86.1 Å². The quantitative estimate of drug-likeness (QED) is 0.656. The van der Waals surface area contributed by atoms with Crippen molar-refractivity contribution in [2.24, 2.45) is 5.92 Å².